The first kappa shape index (κ1) is 19.8. The zero-order valence-electron chi connectivity index (χ0n) is 13.2. The van der Waals surface area contributed by atoms with Gasteiger partial charge in [-0.25, -0.2) is 0 Å². The highest BCUT2D eigenvalue weighted by atomic mass is 79.9. The van der Waals surface area contributed by atoms with E-state index in [0.717, 1.165) is 0 Å². The van der Waals surface area contributed by atoms with Crippen molar-refractivity contribution in [1.82, 2.24) is 0 Å². The van der Waals surface area contributed by atoms with Crippen LogP contribution in [0.1, 0.15) is 6.92 Å². The third-order valence-corrected chi connectivity index (χ3v) is 11.6. The largest absolute Gasteiger partial charge is 1.00 e. The molecule has 0 spiro atoms. The monoisotopic (exact) mass is 526 g/mol. The summed E-state index contributed by atoms with van der Waals surface area (Å²) in [7, 11) is -1.90. The van der Waals surface area contributed by atoms with Crippen molar-refractivity contribution < 1.29 is 17.0 Å². The van der Waals surface area contributed by atoms with Crippen LogP contribution in [-0.2, 0) is 0 Å². The Balaban J connectivity index is 0.00000208. The second-order valence-corrected chi connectivity index (χ2v) is 14.8. The van der Waals surface area contributed by atoms with Crippen LogP contribution in [0.15, 0.2) is 91.0 Å². The Hall–Kier alpha value is -0.470. The zero-order valence-corrected chi connectivity index (χ0v) is 18.9. The van der Waals surface area contributed by atoms with Crippen LogP contribution in [-0.4, -0.2) is 2.97 Å². The van der Waals surface area contributed by atoms with Gasteiger partial charge in [-0.15, -0.1) is 0 Å². The minimum Gasteiger partial charge on any atom is -1.00 e. The summed E-state index contributed by atoms with van der Waals surface area (Å²) in [6.07, 6.45) is 0. The topological polar surface area (TPSA) is 0 Å². The van der Waals surface area contributed by atoms with Crippen LogP contribution in [0.3, 0.4) is 0 Å². The standard InChI is InChI=1S/C20H18Br2P.BrH/c1-20(21,22)23(17-11-5-2-6-12-17,18-13-7-3-8-14-18)19-15-9-4-10-16-19;/h2-16H,1H3;1H/q+1;/p-1. The van der Waals surface area contributed by atoms with Gasteiger partial charge >= 0.3 is 0 Å². The van der Waals surface area contributed by atoms with E-state index < -0.39 is 7.26 Å². The highest BCUT2D eigenvalue weighted by Gasteiger charge is 2.58. The lowest BCUT2D eigenvalue weighted by Crippen LogP contribution is -3.00. The SMILES string of the molecule is CC(Br)(Br)[P+](c1ccccc1)(c1ccccc1)c1ccccc1.[Br-]. The average molecular weight is 529 g/mol. The quantitative estimate of drug-likeness (QED) is 0.360. The van der Waals surface area contributed by atoms with Crippen molar-refractivity contribution in [3.05, 3.63) is 91.0 Å². The Morgan fingerprint density at radius 1 is 0.583 bits per heavy atom. The lowest BCUT2D eigenvalue weighted by molar-refractivity contribution is -0.00000424. The Kier molecular flexibility index (Phi) is 6.84. The average Bonchev–Trinajstić information content (AvgIpc) is 2.57. The molecule has 0 aliphatic carbocycles. The maximum atomic E-state index is 3.98. The first-order valence-electron chi connectivity index (χ1n) is 7.50. The van der Waals surface area contributed by atoms with Crippen LogP contribution < -0.4 is 32.9 Å². The molecule has 3 aromatic carbocycles. The molecule has 0 aromatic heterocycles. The maximum absolute atomic E-state index is 3.98. The number of hydrogen-bond acceptors (Lipinski definition) is 0. The molecule has 0 radical (unpaired) electrons. The predicted molar refractivity (Wildman–Crippen MR) is 111 cm³/mol. The highest BCUT2D eigenvalue weighted by molar-refractivity contribution is 9.27. The number of alkyl halides is 2. The Labute approximate surface area is 172 Å². The molecule has 4 heteroatoms. The molecule has 0 bridgehead atoms. The number of rotatable bonds is 4. The summed E-state index contributed by atoms with van der Waals surface area (Å²) < 4.78 is -0.239. The molecule has 0 saturated carbocycles. The Bertz CT molecular complexity index is 656. The summed E-state index contributed by atoms with van der Waals surface area (Å²) >= 11 is 7.96. The van der Waals surface area contributed by atoms with Gasteiger partial charge in [0.05, 0.1) is 0 Å². The van der Waals surface area contributed by atoms with Crippen LogP contribution in [0.5, 0.6) is 0 Å². The lowest BCUT2D eigenvalue weighted by Gasteiger charge is -2.35. The molecule has 24 heavy (non-hydrogen) atoms. The van der Waals surface area contributed by atoms with Crippen LogP contribution >= 0.6 is 39.1 Å². The maximum Gasteiger partial charge on any atom is 0.197 e. The molecule has 0 atom stereocenters. The molecule has 3 rings (SSSR count). The minimum atomic E-state index is -1.90. The van der Waals surface area contributed by atoms with Gasteiger partial charge in [0.1, 0.15) is 23.2 Å². The molecular formula is C20H18Br3P. The third-order valence-electron chi connectivity index (χ3n) is 4.02. The Morgan fingerprint density at radius 3 is 1.04 bits per heavy atom. The second kappa shape index (κ2) is 8.27. The van der Waals surface area contributed by atoms with E-state index in [9.17, 15) is 0 Å². The Morgan fingerprint density at radius 2 is 0.833 bits per heavy atom. The molecule has 0 amide bonds. The van der Waals surface area contributed by atoms with Crippen molar-refractivity contribution in [2.45, 2.75) is 9.90 Å². The molecule has 0 heterocycles. The molecule has 3 aromatic rings. The fourth-order valence-electron chi connectivity index (χ4n) is 3.08. The van der Waals surface area contributed by atoms with E-state index in [1.165, 1.54) is 15.9 Å². The van der Waals surface area contributed by atoms with Gasteiger partial charge in [-0.2, -0.15) is 0 Å². The second-order valence-electron chi connectivity index (χ2n) is 5.52. The van der Waals surface area contributed by atoms with E-state index in [1.807, 2.05) is 0 Å². The van der Waals surface area contributed by atoms with E-state index in [0.29, 0.717) is 0 Å². The van der Waals surface area contributed by atoms with E-state index in [-0.39, 0.29) is 20.0 Å². The summed E-state index contributed by atoms with van der Waals surface area (Å²) in [5.41, 5.74) is 0. The first-order valence-corrected chi connectivity index (χ1v) is 10.9. The van der Waals surface area contributed by atoms with Gasteiger partial charge in [-0.05, 0) is 75.2 Å². The fourth-order valence-corrected chi connectivity index (χ4v) is 10.9. The van der Waals surface area contributed by atoms with Gasteiger partial charge in [-0.1, -0.05) is 54.6 Å². The fraction of sp³-hybridized carbons (Fsp3) is 0.100. The highest BCUT2D eigenvalue weighted by Crippen LogP contribution is 2.71. The summed E-state index contributed by atoms with van der Waals surface area (Å²) in [5, 5.41) is 4.07. The van der Waals surface area contributed by atoms with Crippen LogP contribution in [0.25, 0.3) is 0 Å². The molecular weight excluding hydrogens is 511 g/mol. The molecule has 0 unspecified atom stereocenters. The third kappa shape index (κ3) is 3.55. The number of benzene rings is 3. The summed E-state index contributed by atoms with van der Waals surface area (Å²) in [4.78, 5) is 0. The molecule has 0 nitrogen and oxygen atoms in total. The van der Waals surface area contributed by atoms with Gasteiger partial charge in [0, 0.05) is 0 Å². The van der Waals surface area contributed by atoms with Gasteiger partial charge in [0.25, 0.3) is 0 Å². The normalized spacial score (nSPS) is 11.6. The summed E-state index contributed by atoms with van der Waals surface area (Å²) in [6.45, 7) is 2.22. The molecule has 0 fully saturated rings. The molecule has 0 saturated heterocycles. The van der Waals surface area contributed by atoms with E-state index in [2.05, 4.69) is 130 Å². The van der Waals surface area contributed by atoms with E-state index in [4.69, 9.17) is 0 Å². The van der Waals surface area contributed by atoms with E-state index >= 15 is 0 Å². The molecule has 124 valence electrons. The first-order chi connectivity index (χ1) is 11.1. The van der Waals surface area contributed by atoms with Gasteiger partial charge < -0.3 is 17.0 Å². The van der Waals surface area contributed by atoms with Crippen molar-refractivity contribution in [2.75, 3.05) is 0 Å². The van der Waals surface area contributed by atoms with Crippen molar-refractivity contribution >= 4 is 55.0 Å². The minimum absolute atomic E-state index is 0. The van der Waals surface area contributed by atoms with Crippen molar-refractivity contribution in [2.24, 2.45) is 0 Å². The van der Waals surface area contributed by atoms with Crippen LogP contribution in [0.4, 0.5) is 0 Å². The van der Waals surface area contributed by atoms with Crippen molar-refractivity contribution in [1.29, 1.82) is 0 Å². The molecule has 0 aliphatic heterocycles. The summed E-state index contributed by atoms with van der Waals surface area (Å²) in [6, 6.07) is 32.5. The molecule has 0 N–H and O–H groups in total. The van der Waals surface area contributed by atoms with Crippen LogP contribution in [0, 0.1) is 0 Å². The van der Waals surface area contributed by atoms with Crippen molar-refractivity contribution in [3.63, 3.8) is 0 Å². The van der Waals surface area contributed by atoms with E-state index in [1.54, 1.807) is 0 Å². The van der Waals surface area contributed by atoms with Crippen LogP contribution in [0.2, 0.25) is 0 Å². The van der Waals surface area contributed by atoms with Gasteiger partial charge in [-0.3, -0.25) is 0 Å². The van der Waals surface area contributed by atoms with Crippen molar-refractivity contribution in [3.8, 4) is 0 Å². The zero-order chi connectivity index (χ0) is 16.3. The lowest BCUT2D eigenvalue weighted by atomic mass is 10.4. The number of hydrogen-bond donors (Lipinski definition) is 0. The summed E-state index contributed by atoms with van der Waals surface area (Å²) in [5.74, 6) is 0. The van der Waals surface area contributed by atoms with Gasteiger partial charge in [0.2, 0.25) is 0 Å². The number of halogens is 3. The molecule has 0 aliphatic rings. The van der Waals surface area contributed by atoms with Gasteiger partial charge in [0.15, 0.2) is 2.97 Å². The predicted octanol–water partition coefficient (Wildman–Crippen LogP) is 2.45. The smallest absolute Gasteiger partial charge is 0.197 e.